The monoisotopic (exact) mass is 362 g/mol. The molecule has 2 aliphatic rings. The van der Waals surface area contributed by atoms with Gasteiger partial charge in [0, 0.05) is 16.3 Å². The molecule has 0 atom stereocenters. The van der Waals surface area contributed by atoms with Crippen molar-refractivity contribution in [3.8, 4) is 6.07 Å². The second-order valence-corrected chi connectivity index (χ2v) is 9.38. The third kappa shape index (κ3) is 3.58. The predicted octanol–water partition coefficient (Wildman–Crippen LogP) is 3.05. The van der Waals surface area contributed by atoms with E-state index in [1.165, 1.54) is 16.9 Å². The molecule has 1 saturated heterocycles. The van der Waals surface area contributed by atoms with Crippen molar-refractivity contribution in [3.63, 3.8) is 0 Å². The van der Waals surface area contributed by atoms with Crippen LogP contribution in [0.1, 0.15) is 30.5 Å². The zero-order valence-corrected chi connectivity index (χ0v) is 16.0. The summed E-state index contributed by atoms with van der Waals surface area (Å²) in [7, 11) is 0. The molecule has 1 aromatic rings. The molecule has 1 aromatic heterocycles. The third-order valence-electron chi connectivity index (χ3n) is 4.41. The smallest absolute Gasteiger partial charge is 0.279 e. The van der Waals surface area contributed by atoms with Gasteiger partial charge in [-0.15, -0.1) is 6.58 Å². The van der Waals surface area contributed by atoms with Crippen molar-refractivity contribution in [2.75, 3.05) is 37.0 Å². The van der Waals surface area contributed by atoms with Gasteiger partial charge in [0.25, 0.3) is 5.82 Å². The van der Waals surface area contributed by atoms with Crippen molar-refractivity contribution < 1.29 is 9.72 Å². The fraction of sp³-hybridized carbons (Fsp3) is 0.556. The van der Waals surface area contributed by atoms with Gasteiger partial charge in [-0.05, 0) is 12.0 Å². The molecule has 0 spiro atoms. The van der Waals surface area contributed by atoms with Crippen LogP contribution in [0, 0.1) is 11.3 Å². The number of anilines is 1. The van der Waals surface area contributed by atoms with Gasteiger partial charge in [-0.25, -0.2) is 4.98 Å². The summed E-state index contributed by atoms with van der Waals surface area (Å²) in [5, 5.41) is 10.8. The molecular weight excluding hydrogens is 338 g/mol. The molecule has 3 heterocycles. The number of nitriles is 1. The number of hydrogen-bond acceptors (Lipinski definition) is 5. The average Bonchev–Trinajstić information content (AvgIpc) is 2.58. The van der Waals surface area contributed by atoms with Gasteiger partial charge >= 0.3 is 0 Å². The van der Waals surface area contributed by atoms with E-state index in [4.69, 9.17) is 4.74 Å². The molecule has 3 rings (SSSR count). The molecule has 4 nitrogen and oxygen atoms in total. The Bertz CT molecular complexity index is 676. The van der Waals surface area contributed by atoms with E-state index in [0.29, 0.717) is 0 Å². The van der Waals surface area contributed by atoms with Crippen LogP contribution in [0.2, 0.25) is 0 Å². The Morgan fingerprint density at radius 2 is 2.17 bits per heavy atom. The molecule has 0 radical (unpaired) electrons. The van der Waals surface area contributed by atoms with Gasteiger partial charge in [0.2, 0.25) is 0 Å². The van der Waals surface area contributed by atoms with E-state index in [2.05, 4.69) is 36.4 Å². The van der Waals surface area contributed by atoms with E-state index >= 15 is 0 Å². The van der Waals surface area contributed by atoms with E-state index in [1.54, 1.807) is 11.8 Å². The fourth-order valence-electron chi connectivity index (χ4n) is 3.20. The maximum absolute atomic E-state index is 9.80. The van der Waals surface area contributed by atoms with Crippen LogP contribution in [0.4, 0.5) is 5.82 Å². The first kappa shape index (κ1) is 17.7. The van der Waals surface area contributed by atoms with Crippen molar-refractivity contribution in [3.05, 3.63) is 29.3 Å². The van der Waals surface area contributed by atoms with E-state index in [9.17, 15) is 5.26 Å². The van der Waals surface area contributed by atoms with Gasteiger partial charge in [-0.1, -0.05) is 31.7 Å². The van der Waals surface area contributed by atoms with Crippen molar-refractivity contribution in [1.29, 1.82) is 5.26 Å². The zero-order valence-electron chi connectivity index (χ0n) is 14.4. The largest absolute Gasteiger partial charge is 0.373 e. The van der Waals surface area contributed by atoms with Crippen LogP contribution >= 0.6 is 23.5 Å². The molecular formula is C18H24N3OS2+. The van der Waals surface area contributed by atoms with Crippen molar-refractivity contribution in [2.24, 2.45) is 0 Å². The molecule has 24 heavy (non-hydrogen) atoms. The minimum Gasteiger partial charge on any atom is -0.373 e. The summed E-state index contributed by atoms with van der Waals surface area (Å²) in [5.74, 6) is 2.93. The molecule has 0 bridgehead atoms. The maximum Gasteiger partial charge on any atom is 0.279 e. The first-order valence-corrected chi connectivity index (χ1v) is 10.2. The summed E-state index contributed by atoms with van der Waals surface area (Å²) in [5.41, 5.74) is 3.36. The van der Waals surface area contributed by atoms with Crippen molar-refractivity contribution in [2.45, 2.75) is 35.8 Å². The number of pyridine rings is 1. The van der Waals surface area contributed by atoms with Crippen LogP contribution in [-0.4, -0.2) is 36.8 Å². The molecule has 0 amide bonds. The van der Waals surface area contributed by atoms with Gasteiger partial charge in [-0.2, -0.15) is 17.0 Å². The number of fused-ring (bicyclic) bond motifs is 1. The number of nitrogens with one attached hydrogen (secondary N) is 1. The molecule has 0 unspecified atom stereocenters. The highest BCUT2D eigenvalue weighted by Gasteiger charge is 2.36. The molecule has 6 heteroatoms. The molecule has 128 valence electrons. The summed E-state index contributed by atoms with van der Waals surface area (Å²) in [4.78, 5) is 5.95. The Morgan fingerprint density at radius 3 is 2.83 bits per heavy atom. The number of rotatable bonds is 4. The Hall–Kier alpha value is -1.16. The maximum atomic E-state index is 9.80. The zero-order chi connectivity index (χ0) is 17.2. The van der Waals surface area contributed by atoms with E-state index in [0.717, 1.165) is 54.8 Å². The van der Waals surface area contributed by atoms with Gasteiger partial charge in [0.1, 0.15) is 24.7 Å². The normalized spacial score (nSPS) is 19.5. The van der Waals surface area contributed by atoms with Crippen LogP contribution < -0.4 is 9.88 Å². The number of morpholine rings is 1. The lowest BCUT2D eigenvalue weighted by molar-refractivity contribution is -0.414. The molecule has 1 fully saturated rings. The van der Waals surface area contributed by atoms with E-state index in [-0.39, 0.29) is 4.75 Å². The number of ether oxygens (including phenoxy) is 1. The fourth-order valence-corrected chi connectivity index (χ4v) is 5.06. The lowest BCUT2D eigenvalue weighted by Crippen LogP contribution is -2.42. The average molecular weight is 363 g/mol. The molecule has 0 saturated carbocycles. The number of aromatic amines is 1. The number of H-pyrrole nitrogens is 1. The Morgan fingerprint density at radius 1 is 1.42 bits per heavy atom. The first-order valence-electron chi connectivity index (χ1n) is 8.27. The quantitative estimate of drug-likeness (QED) is 0.609. The topological polar surface area (TPSA) is 50.4 Å². The van der Waals surface area contributed by atoms with Crippen molar-refractivity contribution in [1.82, 2.24) is 0 Å². The highest BCUT2D eigenvalue weighted by Crippen LogP contribution is 2.43. The Kier molecular flexibility index (Phi) is 5.43. The third-order valence-corrected chi connectivity index (χ3v) is 6.76. The highest BCUT2D eigenvalue weighted by atomic mass is 32.2. The summed E-state index contributed by atoms with van der Waals surface area (Å²) in [6, 6.07) is 2.46. The number of nitrogens with zero attached hydrogens (tertiary/aromatic N) is 2. The molecule has 0 aliphatic carbocycles. The number of aromatic nitrogens is 1. The lowest BCUT2D eigenvalue weighted by atomic mass is 9.94. The highest BCUT2D eigenvalue weighted by molar-refractivity contribution is 8.00. The van der Waals surface area contributed by atoms with Gasteiger partial charge < -0.3 is 4.74 Å². The minimum atomic E-state index is 0.169. The first-order chi connectivity index (χ1) is 11.6. The van der Waals surface area contributed by atoms with Crippen LogP contribution in [0.25, 0.3) is 0 Å². The molecule has 1 N–H and O–H groups in total. The lowest BCUT2D eigenvalue weighted by Gasteiger charge is -2.33. The number of hydrogen-bond donors (Lipinski definition) is 0. The van der Waals surface area contributed by atoms with E-state index in [1.807, 2.05) is 17.8 Å². The van der Waals surface area contributed by atoms with Gasteiger partial charge in [0.05, 0.1) is 18.8 Å². The van der Waals surface area contributed by atoms with E-state index < -0.39 is 0 Å². The Balaban J connectivity index is 2.11. The standard InChI is InChI=1S/C18H23N3OS2/c1-4-9-23-17-14(11-19)13-10-18(2,3)24-12-15(13)16(20-17)21-5-7-22-8-6-21/h4H,1,5-10,12H2,2-3H3/p+1. The summed E-state index contributed by atoms with van der Waals surface area (Å²) >= 11 is 3.64. The summed E-state index contributed by atoms with van der Waals surface area (Å²) < 4.78 is 5.68. The second-order valence-electron chi connectivity index (χ2n) is 6.67. The van der Waals surface area contributed by atoms with Crippen LogP contribution in [0.5, 0.6) is 0 Å². The van der Waals surface area contributed by atoms with Crippen LogP contribution in [0.15, 0.2) is 17.7 Å². The predicted molar refractivity (Wildman–Crippen MR) is 101 cm³/mol. The molecule has 0 aromatic carbocycles. The van der Waals surface area contributed by atoms with Crippen molar-refractivity contribution >= 4 is 29.3 Å². The summed E-state index contributed by atoms with van der Waals surface area (Å²) in [6.45, 7) is 11.7. The summed E-state index contributed by atoms with van der Waals surface area (Å²) in [6.07, 6.45) is 2.82. The van der Waals surface area contributed by atoms with Crippen LogP contribution in [0.3, 0.4) is 0 Å². The minimum absolute atomic E-state index is 0.169. The molecule has 2 aliphatic heterocycles. The second kappa shape index (κ2) is 7.38. The Labute approximate surface area is 152 Å². The van der Waals surface area contributed by atoms with Gasteiger partial charge in [0.15, 0.2) is 5.03 Å². The SMILES string of the molecule is C=CCSc1[nH+]c(N2CCOCC2)c2c(c1C#N)CC(C)(C)SC2. The number of thioether (sulfide) groups is 2. The van der Waals surface area contributed by atoms with Gasteiger partial charge in [-0.3, -0.25) is 4.90 Å². The van der Waals surface area contributed by atoms with Crippen LogP contribution in [-0.2, 0) is 16.9 Å².